The maximum absolute atomic E-state index is 11.0. The van der Waals surface area contributed by atoms with Gasteiger partial charge in [0, 0.05) is 19.4 Å². The van der Waals surface area contributed by atoms with Gasteiger partial charge in [-0.05, 0) is 13.0 Å². The van der Waals surface area contributed by atoms with Crippen molar-refractivity contribution in [2.75, 3.05) is 13.1 Å². The van der Waals surface area contributed by atoms with Crippen molar-refractivity contribution in [3.63, 3.8) is 0 Å². The minimum absolute atomic E-state index is 0. The van der Waals surface area contributed by atoms with Gasteiger partial charge in [0.2, 0.25) is 11.8 Å². The maximum Gasteiger partial charge on any atom is 0.229 e. The first-order chi connectivity index (χ1) is 5.25. The Morgan fingerprint density at radius 3 is 2.17 bits per heavy atom. The molecule has 0 bridgehead atoms. The molecule has 1 heterocycles. The van der Waals surface area contributed by atoms with Crippen molar-refractivity contribution in [1.29, 1.82) is 0 Å². The van der Waals surface area contributed by atoms with Gasteiger partial charge in [-0.1, -0.05) is 0 Å². The zero-order valence-electron chi connectivity index (χ0n) is 6.78. The van der Waals surface area contributed by atoms with Crippen LogP contribution in [0.5, 0.6) is 0 Å². The molecule has 1 fully saturated rings. The summed E-state index contributed by atoms with van der Waals surface area (Å²) in [5.74, 6) is -0.105. The fourth-order valence-corrected chi connectivity index (χ4v) is 1.12. The second-order valence-electron chi connectivity index (χ2n) is 2.58. The smallest absolute Gasteiger partial charge is 0.229 e. The summed E-state index contributed by atoms with van der Waals surface area (Å²) < 4.78 is 0. The normalized spacial score (nSPS) is 16.6. The van der Waals surface area contributed by atoms with Crippen molar-refractivity contribution in [2.24, 2.45) is 5.73 Å². The number of nitrogens with zero attached hydrogens (tertiary/aromatic N) is 1. The number of amides is 2. The lowest BCUT2D eigenvalue weighted by atomic mass is 10.4. The quantitative estimate of drug-likeness (QED) is 0.636. The highest BCUT2D eigenvalue weighted by molar-refractivity contribution is 6.01. The summed E-state index contributed by atoms with van der Waals surface area (Å²) >= 11 is 0. The summed E-state index contributed by atoms with van der Waals surface area (Å²) in [4.78, 5) is 23.2. The van der Waals surface area contributed by atoms with E-state index in [4.69, 9.17) is 5.73 Å². The number of rotatable bonds is 3. The summed E-state index contributed by atoms with van der Waals surface area (Å²) in [5, 5.41) is 0. The molecule has 0 aromatic rings. The SMILES string of the molecule is Cl.NCCCN1C(=O)CCC1=O. The second kappa shape index (κ2) is 5.11. The summed E-state index contributed by atoms with van der Waals surface area (Å²) in [5.41, 5.74) is 5.25. The maximum atomic E-state index is 11.0. The molecule has 4 nitrogen and oxygen atoms in total. The van der Waals surface area contributed by atoms with Crippen molar-refractivity contribution in [2.45, 2.75) is 19.3 Å². The van der Waals surface area contributed by atoms with Crippen LogP contribution in [-0.2, 0) is 9.59 Å². The predicted molar refractivity (Wildman–Crippen MR) is 46.9 cm³/mol. The van der Waals surface area contributed by atoms with E-state index in [1.54, 1.807) is 0 Å². The molecule has 0 radical (unpaired) electrons. The predicted octanol–water partition coefficient (Wildman–Crippen LogP) is -0.0940. The molecule has 1 aliphatic heterocycles. The van der Waals surface area contributed by atoms with Crippen LogP contribution in [0.25, 0.3) is 0 Å². The zero-order valence-corrected chi connectivity index (χ0v) is 7.60. The number of hydrogen-bond acceptors (Lipinski definition) is 3. The summed E-state index contributed by atoms with van der Waals surface area (Å²) in [6, 6.07) is 0. The standard InChI is InChI=1S/C7H12N2O2.ClH/c8-4-1-5-9-6(10)2-3-7(9)11;/h1-5,8H2;1H. The van der Waals surface area contributed by atoms with E-state index in [-0.39, 0.29) is 24.2 Å². The lowest BCUT2D eigenvalue weighted by Gasteiger charge is -2.11. The van der Waals surface area contributed by atoms with Gasteiger partial charge in [-0.25, -0.2) is 0 Å². The van der Waals surface area contributed by atoms with Gasteiger partial charge in [0.15, 0.2) is 0 Å². The second-order valence-corrected chi connectivity index (χ2v) is 2.58. The Morgan fingerprint density at radius 2 is 1.75 bits per heavy atom. The first kappa shape index (κ1) is 11.4. The van der Waals surface area contributed by atoms with Gasteiger partial charge in [-0.15, -0.1) is 12.4 Å². The fraction of sp³-hybridized carbons (Fsp3) is 0.714. The van der Waals surface area contributed by atoms with Gasteiger partial charge in [0.1, 0.15) is 0 Å². The van der Waals surface area contributed by atoms with Gasteiger partial charge in [-0.2, -0.15) is 0 Å². The lowest BCUT2D eigenvalue weighted by molar-refractivity contribution is -0.138. The van der Waals surface area contributed by atoms with E-state index in [9.17, 15) is 9.59 Å². The Hall–Kier alpha value is -0.610. The van der Waals surface area contributed by atoms with Gasteiger partial charge in [0.05, 0.1) is 0 Å². The van der Waals surface area contributed by atoms with Crippen molar-refractivity contribution in [3.8, 4) is 0 Å². The third-order valence-electron chi connectivity index (χ3n) is 1.74. The van der Waals surface area contributed by atoms with Gasteiger partial charge in [0.25, 0.3) is 0 Å². The summed E-state index contributed by atoms with van der Waals surface area (Å²) in [6.07, 6.45) is 1.46. The lowest BCUT2D eigenvalue weighted by Crippen LogP contribution is -2.31. The van der Waals surface area contributed by atoms with Crippen molar-refractivity contribution in [3.05, 3.63) is 0 Å². The van der Waals surface area contributed by atoms with E-state index in [1.807, 2.05) is 0 Å². The molecule has 0 aromatic heterocycles. The van der Waals surface area contributed by atoms with E-state index in [2.05, 4.69) is 0 Å². The molecule has 2 N–H and O–H groups in total. The van der Waals surface area contributed by atoms with E-state index in [1.165, 1.54) is 4.90 Å². The highest BCUT2D eigenvalue weighted by Gasteiger charge is 2.27. The minimum Gasteiger partial charge on any atom is -0.330 e. The molecule has 0 unspecified atom stereocenters. The van der Waals surface area contributed by atoms with E-state index in [0.717, 1.165) is 0 Å². The molecule has 0 aliphatic carbocycles. The van der Waals surface area contributed by atoms with Crippen LogP contribution in [-0.4, -0.2) is 29.8 Å². The molecule has 0 saturated carbocycles. The number of likely N-dealkylation sites (tertiary alicyclic amines) is 1. The molecule has 1 rings (SSSR count). The van der Waals surface area contributed by atoms with Crippen LogP contribution in [0.4, 0.5) is 0 Å². The Morgan fingerprint density at radius 1 is 1.25 bits per heavy atom. The Labute approximate surface area is 77.5 Å². The highest BCUT2D eigenvalue weighted by Crippen LogP contribution is 2.11. The summed E-state index contributed by atoms with van der Waals surface area (Å²) in [6.45, 7) is 1.02. The first-order valence-electron chi connectivity index (χ1n) is 3.79. The van der Waals surface area contributed by atoms with Crippen LogP contribution in [0.3, 0.4) is 0 Å². The van der Waals surface area contributed by atoms with Crippen molar-refractivity contribution >= 4 is 24.2 Å². The van der Waals surface area contributed by atoms with E-state index >= 15 is 0 Å². The third-order valence-corrected chi connectivity index (χ3v) is 1.74. The molecule has 70 valence electrons. The zero-order chi connectivity index (χ0) is 8.27. The van der Waals surface area contributed by atoms with Crippen molar-refractivity contribution < 1.29 is 9.59 Å². The van der Waals surface area contributed by atoms with Crippen LogP contribution < -0.4 is 5.73 Å². The summed E-state index contributed by atoms with van der Waals surface area (Å²) in [7, 11) is 0. The van der Waals surface area contributed by atoms with Crippen LogP contribution in [0.1, 0.15) is 19.3 Å². The first-order valence-corrected chi connectivity index (χ1v) is 3.79. The number of halogens is 1. The van der Waals surface area contributed by atoms with Crippen LogP contribution in [0.2, 0.25) is 0 Å². The van der Waals surface area contributed by atoms with Gasteiger partial charge < -0.3 is 5.73 Å². The molecule has 2 amide bonds. The number of carbonyl (C=O) groups excluding carboxylic acids is 2. The third kappa shape index (κ3) is 2.46. The Balaban J connectivity index is 0.00000121. The average molecular weight is 193 g/mol. The number of carbonyl (C=O) groups is 2. The molecule has 1 saturated heterocycles. The van der Waals surface area contributed by atoms with Crippen LogP contribution in [0, 0.1) is 0 Å². The van der Waals surface area contributed by atoms with Crippen LogP contribution >= 0.6 is 12.4 Å². The molecule has 0 atom stereocenters. The van der Waals surface area contributed by atoms with Crippen LogP contribution in [0.15, 0.2) is 0 Å². The Kier molecular flexibility index (Phi) is 4.85. The highest BCUT2D eigenvalue weighted by atomic mass is 35.5. The average Bonchev–Trinajstić information content (AvgIpc) is 2.29. The number of hydrogen-bond donors (Lipinski definition) is 1. The number of nitrogens with two attached hydrogens (primary N) is 1. The molecular weight excluding hydrogens is 180 g/mol. The fourth-order valence-electron chi connectivity index (χ4n) is 1.12. The Bertz CT molecular complexity index is 168. The topological polar surface area (TPSA) is 63.4 Å². The van der Waals surface area contributed by atoms with Crippen molar-refractivity contribution in [1.82, 2.24) is 4.90 Å². The van der Waals surface area contributed by atoms with E-state index < -0.39 is 0 Å². The molecule has 0 spiro atoms. The molecule has 1 aliphatic rings. The monoisotopic (exact) mass is 192 g/mol. The minimum atomic E-state index is -0.0524. The molecule has 5 heteroatoms. The van der Waals surface area contributed by atoms with Gasteiger partial charge >= 0.3 is 0 Å². The molecular formula is C7H13ClN2O2. The van der Waals surface area contributed by atoms with E-state index in [0.29, 0.717) is 32.4 Å². The van der Waals surface area contributed by atoms with Gasteiger partial charge in [-0.3, -0.25) is 14.5 Å². The number of imide groups is 1. The molecule has 0 aromatic carbocycles. The largest absolute Gasteiger partial charge is 0.330 e. The molecule has 12 heavy (non-hydrogen) atoms.